The fraction of sp³-hybridized carbons (Fsp3) is 0.227. The van der Waals surface area contributed by atoms with Crippen LogP contribution in [0.2, 0.25) is 0 Å². The quantitative estimate of drug-likeness (QED) is 0.617. The Kier molecular flexibility index (Phi) is 6.52. The number of benzene rings is 2. The zero-order chi connectivity index (χ0) is 18.9. The highest BCUT2D eigenvalue weighted by atomic mass is 16.1. The molecule has 5 nitrogen and oxygen atoms in total. The Labute approximate surface area is 160 Å². The Morgan fingerprint density at radius 1 is 0.963 bits per heavy atom. The van der Waals surface area contributed by atoms with Gasteiger partial charge in [0.05, 0.1) is 12.4 Å². The molecule has 0 atom stereocenters. The van der Waals surface area contributed by atoms with Gasteiger partial charge in [0.25, 0.3) is 5.91 Å². The van der Waals surface area contributed by atoms with Gasteiger partial charge in [-0.25, -0.2) is 9.97 Å². The van der Waals surface area contributed by atoms with Crippen molar-refractivity contribution in [2.24, 2.45) is 0 Å². The minimum absolute atomic E-state index is 0.190. The summed E-state index contributed by atoms with van der Waals surface area (Å²) in [4.78, 5) is 23.0. The van der Waals surface area contributed by atoms with Gasteiger partial charge >= 0.3 is 0 Å². The van der Waals surface area contributed by atoms with Gasteiger partial charge in [-0.15, -0.1) is 0 Å². The second kappa shape index (κ2) is 9.48. The summed E-state index contributed by atoms with van der Waals surface area (Å²) in [6.45, 7) is 3.44. The van der Waals surface area contributed by atoms with Crippen LogP contribution in [0.5, 0.6) is 0 Å². The Morgan fingerprint density at radius 3 is 2.30 bits per heavy atom. The molecule has 1 heterocycles. The topological polar surface area (TPSA) is 58.1 Å². The van der Waals surface area contributed by atoms with Gasteiger partial charge in [0.1, 0.15) is 5.69 Å². The number of nitrogens with zero attached hydrogens (tertiary/aromatic N) is 3. The first-order chi connectivity index (χ1) is 13.3. The van der Waals surface area contributed by atoms with E-state index in [0.29, 0.717) is 12.2 Å². The smallest absolute Gasteiger partial charge is 0.271 e. The maximum absolute atomic E-state index is 12.2. The van der Waals surface area contributed by atoms with Gasteiger partial charge in [0.15, 0.2) is 5.82 Å². The molecule has 0 aliphatic heterocycles. The third-order valence-electron chi connectivity index (χ3n) is 4.30. The zero-order valence-electron chi connectivity index (χ0n) is 15.5. The number of amides is 1. The van der Waals surface area contributed by atoms with Crippen LogP contribution in [0.15, 0.2) is 73.1 Å². The molecule has 0 aliphatic carbocycles. The Bertz CT molecular complexity index is 835. The maximum atomic E-state index is 12.2. The Hall–Kier alpha value is -3.21. The van der Waals surface area contributed by atoms with Gasteiger partial charge in [-0.1, -0.05) is 48.5 Å². The van der Waals surface area contributed by atoms with Crippen LogP contribution in [0.1, 0.15) is 29.4 Å². The number of carbonyl (C=O) groups is 1. The molecule has 1 aromatic heterocycles. The van der Waals surface area contributed by atoms with Gasteiger partial charge in [0.2, 0.25) is 0 Å². The van der Waals surface area contributed by atoms with E-state index >= 15 is 0 Å². The SMILES string of the molecule is CCN(c1ccccc1)c1cnc(C(=O)NCCCc2ccccc2)cn1. The lowest BCUT2D eigenvalue weighted by Crippen LogP contribution is -2.26. The summed E-state index contributed by atoms with van der Waals surface area (Å²) < 4.78 is 0. The van der Waals surface area contributed by atoms with E-state index in [9.17, 15) is 4.79 Å². The molecule has 5 heteroatoms. The summed E-state index contributed by atoms with van der Waals surface area (Å²) in [5, 5.41) is 2.91. The first kappa shape index (κ1) is 18.6. The minimum atomic E-state index is -0.190. The van der Waals surface area contributed by atoms with Gasteiger partial charge in [0, 0.05) is 18.8 Å². The van der Waals surface area contributed by atoms with Crippen LogP contribution in [0.25, 0.3) is 0 Å². The van der Waals surface area contributed by atoms with Crippen LogP contribution < -0.4 is 10.2 Å². The van der Waals surface area contributed by atoms with E-state index in [4.69, 9.17) is 0 Å². The van der Waals surface area contributed by atoms with Crippen molar-refractivity contribution in [3.8, 4) is 0 Å². The van der Waals surface area contributed by atoms with Crippen LogP contribution in [0.4, 0.5) is 11.5 Å². The second-order valence-corrected chi connectivity index (χ2v) is 6.18. The lowest BCUT2D eigenvalue weighted by atomic mass is 10.1. The fourth-order valence-corrected chi connectivity index (χ4v) is 2.89. The molecular formula is C22H24N4O. The van der Waals surface area contributed by atoms with Crippen molar-refractivity contribution in [2.45, 2.75) is 19.8 Å². The Balaban J connectivity index is 1.54. The third kappa shape index (κ3) is 5.14. The summed E-state index contributed by atoms with van der Waals surface area (Å²) in [6.07, 6.45) is 5.01. The number of aromatic nitrogens is 2. The molecule has 1 N–H and O–H groups in total. The molecule has 0 spiro atoms. The molecule has 138 valence electrons. The first-order valence-corrected chi connectivity index (χ1v) is 9.24. The van der Waals surface area contributed by atoms with E-state index in [1.165, 1.54) is 11.8 Å². The number of hydrogen-bond donors (Lipinski definition) is 1. The predicted octanol–water partition coefficient (Wildman–Crippen LogP) is 4.00. The van der Waals surface area contributed by atoms with Crippen LogP contribution in [-0.2, 0) is 6.42 Å². The third-order valence-corrected chi connectivity index (χ3v) is 4.30. The van der Waals surface area contributed by atoms with Crippen LogP contribution >= 0.6 is 0 Å². The predicted molar refractivity (Wildman–Crippen MR) is 108 cm³/mol. The van der Waals surface area contributed by atoms with Crippen LogP contribution in [0, 0.1) is 0 Å². The minimum Gasteiger partial charge on any atom is -0.351 e. The molecule has 3 rings (SSSR count). The molecule has 2 aromatic carbocycles. The van der Waals surface area contributed by atoms with Crippen molar-refractivity contribution >= 4 is 17.4 Å². The highest BCUT2D eigenvalue weighted by Gasteiger charge is 2.11. The normalized spacial score (nSPS) is 10.4. The highest BCUT2D eigenvalue weighted by Crippen LogP contribution is 2.21. The number of hydrogen-bond acceptors (Lipinski definition) is 4. The molecule has 1 amide bonds. The maximum Gasteiger partial charge on any atom is 0.271 e. The van der Waals surface area contributed by atoms with E-state index in [-0.39, 0.29) is 5.91 Å². The molecule has 0 fully saturated rings. The number of aryl methyl sites for hydroxylation is 1. The van der Waals surface area contributed by atoms with E-state index in [0.717, 1.165) is 30.9 Å². The summed E-state index contributed by atoms with van der Waals surface area (Å²) in [7, 11) is 0. The molecular weight excluding hydrogens is 336 g/mol. The van der Waals surface area contributed by atoms with Crippen molar-refractivity contribution in [1.82, 2.24) is 15.3 Å². The first-order valence-electron chi connectivity index (χ1n) is 9.24. The van der Waals surface area contributed by atoms with Crippen LogP contribution in [-0.4, -0.2) is 29.0 Å². The van der Waals surface area contributed by atoms with Crippen LogP contribution in [0.3, 0.4) is 0 Å². The molecule has 0 bridgehead atoms. The molecule has 27 heavy (non-hydrogen) atoms. The lowest BCUT2D eigenvalue weighted by Gasteiger charge is -2.21. The largest absolute Gasteiger partial charge is 0.351 e. The molecule has 0 unspecified atom stereocenters. The van der Waals surface area contributed by atoms with Crippen molar-refractivity contribution in [3.63, 3.8) is 0 Å². The van der Waals surface area contributed by atoms with Crippen molar-refractivity contribution in [1.29, 1.82) is 0 Å². The summed E-state index contributed by atoms with van der Waals surface area (Å²) >= 11 is 0. The number of anilines is 2. The summed E-state index contributed by atoms with van der Waals surface area (Å²) in [5.41, 5.74) is 2.66. The van der Waals surface area contributed by atoms with Gasteiger partial charge < -0.3 is 10.2 Å². The fourth-order valence-electron chi connectivity index (χ4n) is 2.89. The van der Waals surface area contributed by atoms with Crippen molar-refractivity contribution < 1.29 is 4.79 Å². The van der Waals surface area contributed by atoms with Gasteiger partial charge in [-0.05, 0) is 37.5 Å². The van der Waals surface area contributed by atoms with Gasteiger partial charge in [-0.3, -0.25) is 4.79 Å². The van der Waals surface area contributed by atoms with Crippen molar-refractivity contribution in [2.75, 3.05) is 18.0 Å². The molecule has 0 saturated heterocycles. The van der Waals surface area contributed by atoms with Gasteiger partial charge in [-0.2, -0.15) is 0 Å². The molecule has 3 aromatic rings. The average Bonchev–Trinajstić information content (AvgIpc) is 2.74. The van der Waals surface area contributed by atoms with E-state index in [2.05, 4.69) is 39.2 Å². The number of nitrogens with one attached hydrogen (secondary N) is 1. The van der Waals surface area contributed by atoms with E-state index in [1.807, 2.05) is 48.5 Å². The summed E-state index contributed by atoms with van der Waals surface area (Å²) in [5.74, 6) is 0.536. The number of para-hydroxylation sites is 1. The zero-order valence-corrected chi connectivity index (χ0v) is 15.5. The number of carbonyl (C=O) groups excluding carboxylic acids is 1. The second-order valence-electron chi connectivity index (χ2n) is 6.18. The molecule has 0 aliphatic rings. The van der Waals surface area contributed by atoms with E-state index in [1.54, 1.807) is 6.20 Å². The molecule has 0 radical (unpaired) electrons. The summed E-state index contributed by atoms with van der Waals surface area (Å²) in [6, 6.07) is 20.3. The lowest BCUT2D eigenvalue weighted by molar-refractivity contribution is 0.0948. The highest BCUT2D eigenvalue weighted by molar-refractivity contribution is 5.92. The van der Waals surface area contributed by atoms with Crippen molar-refractivity contribution in [3.05, 3.63) is 84.3 Å². The average molecular weight is 360 g/mol. The Morgan fingerprint density at radius 2 is 1.67 bits per heavy atom. The monoisotopic (exact) mass is 360 g/mol. The number of rotatable bonds is 8. The standard InChI is InChI=1S/C22H24N4O/c1-2-26(19-13-7-4-8-14-19)21-17-24-20(16-25-21)22(27)23-15-9-12-18-10-5-3-6-11-18/h3-8,10-11,13-14,16-17H,2,9,12,15H2,1H3,(H,23,27). The van der Waals surface area contributed by atoms with E-state index < -0.39 is 0 Å². The molecule has 0 saturated carbocycles.